The molecule has 25 heavy (non-hydrogen) atoms. The molecule has 0 spiro atoms. The second kappa shape index (κ2) is 10.1. The molecule has 0 amide bonds. The van der Waals surface area contributed by atoms with Gasteiger partial charge in [-0.05, 0) is 25.0 Å². The first-order chi connectivity index (χ1) is 12.2. The Morgan fingerprint density at radius 2 is 2.20 bits per heavy atom. The Morgan fingerprint density at radius 3 is 2.84 bits per heavy atom. The average Bonchev–Trinajstić information content (AvgIpc) is 3.29. The standard InChI is InChI=1S/C13H16N4O4.C2H6.CHN/c1-14-12-10-4-3-9(17(10)16-7-15-12)11-5-2-8(21-11)6-20-13(18)19;2*1-2/h3-4,7-8,11H,2,5-6H2,1H3,(H,18,19)(H,14,15,16);1-2H3;1H. The summed E-state index contributed by atoms with van der Waals surface area (Å²) in [6.07, 6.45) is 1.45. The molecule has 2 aromatic heterocycles. The molecule has 1 aliphatic rings. The third kappa shape index (κ3) is 4.81. The van der Waals surface area contributed by atoms with Crippen molar-refractivity contribution in [1.29, 1.82) is 5.26 Å². The molecule has 136 valence electrons. The van der Waals surface area contributed by atoms with E-state index in [1.165, 1.54) is 6.33 Å². The van der Waals surface area contributed by atoms with Gasteiger partial charge in [-0.3, -0.25) is 0 Å². The van der Waals surface area contributed by atoms with E-state index in [0.717, 1.165) is 29.9 Å². The van der Waals surface area contributed by atoms with Crippen LogP contribution in [0.3, 0.4) is 0 Å². The first-order valence-electron chi connectivity index (χ1n) is 7.96. The number of fused-ring (bicyclic) bond motifs is 1. The number of aromatic nitrogens is 3. The van der Waals surface area contributed by atoms with Gasteiger partial charge in [-0.25, -0.2) is 19.6 Å². The fourth-order valence-electron chi connectivity index (χ4n) is 2.60. The van der Waals surface area contributed by atoms with Gasteiger partial charge in [0.15, 0.2) is 5.82 Å². The van der Waals surface area contributed by atoms with Gasteiger partial charge < -0.3 is 19.9 Å². The van der Waals surface area contributed by atoms with E-state index >= 15 is 0 Å². The van der Waals surface area contributed by atoms with Crippen molar-refractivity contribution in [3.63, 3.8) is 0 Å². The molecule has 0 radical (unpaired) electrons. The number of nitriles is 1. The number of hydrogen-bond donors (Lipinski definition) is 2. The second-order valence-corrected chi connectivity index (χ2v) is 4.81. The lowest BCUT2D eigenvalue weighted by Crippen LogP contribution is -2.17. The van der Waals surface area contributed by atoms with Crippen molar-refractivity contribution in [2.24, 2.45) is 0 Å². The molecule has 2 aromatic rings. The van der Waals surface area contributed by atoms with Gasteiger partial charge in [0.1, 0.15) is 24.6 Å². The minimum absolute atomic E-state index is 0.0614. The van der Waals surface area contributed by atoms with Gasteiger partial charge in [0.05, 0.1) is 11.8 Å². The fourth-order valence-corrected chi connectivity index (χ4v) is 2.60. The SMILES string of the molecule is C#N.CC.CNc1ncnn2c(C3CCC(COC(=O)O)O3)ccc12. The van der Waals surface area contributed by atoms with Crippen LogP contribution >= 0.6 is 0 Å². The number of nitrogens with one attached hydrogen (secondary N) is 1. The minimum atomic E-state index is -1.28. The molecule has 3 rings (SSSR count). The molecule has 1 saturated heterocycles. The number of rotatable bonds is 4. The van der Waals surface area contributed by atoms with Gasteiger partial charge in [-0.1, -0.05) is 13.8 Å². The summed E-state index contributed by atoms with van der Waals surface area (Å²) in [7, 11) is 1.81. The quantitative estimate of drug-likeness (QED) is 0.808. The number of nitrogens with zero attached hydrogens (tertiary/aromatic N) is 4. The largest absolute Gasteiger partial charge is 0.505 e. The molecule has 0 aromatic carbocycles. The van der Waals surface area contributed by atoms with Crippen LogP contribution in [0, 0.1) is 11.8 Å². The topological polar surface area (TPSA) is 122 Å². The van der Waals surface area contributed by atoms with E-state index in [0.29, 0.717) is 0 Å². The molecule has 0 bridgehead atoms. The highest BCUT2D eigenvalue weighted by molar-refractivity contribution is 5.67. The summed E-state index contributed by atoms with van der Waals surface area (Å²) in [4.78, 5) is 14.6. The molecular weight excluding hydrogens is 326 g/mol. The molecule has 2 N–H and O–H groups in total. The molecule has 1 fully saturated rings. The lowest BCUT2D eigenvalue weighted by molar-refractivity contribution is -0.00885. The maximum atomic E-state index is 10.4. The van der Waals surface area contributed by atoms with Crippen LogP contribution in [0.1, 0.15) is 38.5 Å². The van der Waals surface area contributed by atoms with Crippen LogP contribution in [0.4, 0.5) is 10.6 Å². The normalized spacial score (nSPS) is 18.4. The number of anilines is 1. The highest BCUT2D eigenvalue weighted by atomic mass is 16.7. The van der Waals surface area contributed by atoms with Gasteiger partial charge in [-0.15, -0.1) is 0 Å². The lowest BCUT2D eigenvalue weighted by Gasteiger charge is -2.13. The van der Waals surface area contributed by atoms with E-state index in [4.69, 9.17) is 15.1 Å². The third-order valence-corrected chi connectivity index (χ3v) is 3.55. The Bertz CT molecular complexity index is 700. The maximum Gasteiger partial charge on any atom is 0.505 e. The highest BCUT2D eigenvalue weighted by Gasteiger charge is 2.29. The summed E-state index contributed by atoms with van der Waals surface area (Å²) in [5.41, 5.74) is 1.81. The molecule has 1 aliphatic heterocycles. The molecule has 2 atom stereocenters. The van der Waals surface area contributed by atoms with E-state index in [1.54, 1.807) is 11.6 Å². The van der Waals surface area contributed by atoms with Crippen LogP contribution in [-0.4, -0.2) is 45.6 Å². The Balaban J connectivity index is 0.000000730. The molecule has 3 heterocycles. The summed E-state index contributed by atoms with van der Waals surface area (Å²) >= 11 is 0. The third-order valence-electron chi connectivity index (χ3n) is 3.55. The van der Waals surface area contributed by atoms with E-state index < -0.39 is 6.16 Å². The van der Waals surface area contributed by atoms with Crippen LogP contribution in [0.5, 0.6) is 0 Å². The van der Waals surface area contributed by atoms with Crippen molar-refractivity contribution in [2.75, 3.05) is 19.0 Å². The number of hydrogen-bond acceptors (Lipinski definition) is 7. The van der Waals surface area contributed by atoms with Crippen molar-refractivity contribution in [3.05, 3.63) is 24.2 Å². The van der Waals surface area contributed by atoms with Crippen molar-refractivity contribution in [1.82, 2.24) is 14.6 Å². The van der Waals surface area contributed by atoms with Gasteiger partial charge >= 0.3 is 6.16 Å². The summed E-state index contributed by atoms with van der Waals surface area (Å²) < 4.78 is 12.2. The highest BCUT2D eigenvalue weighted by Crippen LogP contribution is 2.34. The zero-order chi connectivity index (χ0) is 18.8. The number of ether oxygens (including phenoxy) is 2. The van der Waals surface area contributed by atoms with Gasteiger partial charge in [-0.2, -0.15) is 5.10 Å². The molecule has 2 unspecified atom stereocenters. The Kier molecular flexibility index (Phi) is 8.15. The van der Waals surface area contributed by atoms with Crippen molar-refractivity contribution >= 4 is 17.5 Å². The maximum absolute atomic E-state index is 10.4. The van der Waals surface area contributed by atoms with Gasteiger partial charge in [0.25, 0.3) is 0 Å². The lowest BCUT2D eigenvalue weighted by atomic mass is 10.1. The van der Waals surface area contributed by atoms with Crippen molar-refractivity contribution in [3.8, 4) is 6.57 Å². The van der Waals surface area contributed by atoms with Gasteiger partial charge in [0.2, 0.25) is 0 Å². The fraction of sp³-hybridized carbons (Fsp3) is 0.500. The van der Waals surface area contributed by atoms with E-state index in [-0.39, 0.29) is 18.8 Å². The van der Waals surface area contributed by atoms with E-state index in [9.17, 15) is 4.79 Å². The zero-order valence-corrected chi connectivity index (χ0v) is 14.5. The average molecular weight is 349 g/mol. The number of carbonyl (C=O) groups is 1. The minimum Gasteiger partial charge on any atom is -0.450 e. The monoisotopic (exact) mass is 349 g/mol. The second-order valence-electron chi connectivity index (χ2n) is 4.81. The molecular formula is C16H23N5O4. The summed E-state index contributed by atoms with van der Waals surface area (Å²) in [5, 5.41) is 22.3. The Labute approximate surface area is 146 Å². The van der Waals surface area contributed by atoms with Crippen LogP contribution in [0.25, 0.3) is 5.52 Å². The van der Waals surface area contributed by atoms with E-state index in [2.05, 4.69) is 26.7 Å². The van der Waals surface area contributed by atoms with Crippen LogP contribution < -0.4 is 5.32 Å². The van der Waals surface area contributed by atoms with Crippen LogP contribution in [-0.2, 0) is 9.47 Å². The smallest absolute Gasteiger partial charge is 0.450 e. The van der Waals surface area contributed by atoms with Crippen molar-refractivity contribution < 1.29 is 19.4 Å². The zero-order valence-electron chi connectivity index (χ0n) is 14.5. The summed E-state index contributed by atoms with van der Waals surface area (Å²) in [6.45, 7) is 7.56. The predicted octanol–water partition coefficient (Wildman–Crippen LogP) is 2.85. The first-order valence-corrected chi connectivity index (χ1v) is 7.96. The molecule has 9 nitrogen and oxygen atoms in total. The summed E-state index contributed by atoms with van der Waals surface area (Å²) in [5.74, 6) is 0.750. The van der Waals surface area contributed by atoms with Crippen LogP contribution in [0.15, 0.2) is 18.5 Å². The molecule has 0 saturated carbocycles. The van der Waals surface area contributed by atoms with E-state index in [1.807, 2.05) is 26.0 Å². The van der Waals surface area contributed by atoms with Gasteiger partial charge in [0, 0.05) is 13.6 Å². The van der Waals surface area contributed by atoms with Crippen molar-refractivity contribution in [2.45, 2.75) is 38.9 Å². The molecule has 9 heteroatoms. The first kappa shape index (κ1) is 20.2. The Hall–Kier alpha value is -2.86. The van der Waals surface area contributed by atoms with Crippen LogP contribution in [0.2, 0.25) is 0 Å². The Morgan fingerprint density at radius 1 is 1.48 bits per heavy atom. The summed E-state index contributed by atoms with van der Waals surface area (Å²) in [6, 6.07) is 3.89. The molecule has 0 aliphatic carbocycles. The number of carboxylic acid groups (broad SMARTS) is 1. The predicted molar refractivity (Wildman–Crippen MR) is 91.4 cm³/mol.